The lowest BCUT2D eigenvalue weighted by Gasteiger charge is -2.23. The van der Waals surface area contributed by atoms with Crippen LogP contribution in [0.5, 0.6) is 5.75 Å². The fourth-order valence-electron chi connectivity index (χ4n) is 2.13. The average molecular weight is 323 g/mol. The van der Waals surface area contributed by atoms with Crippen LogP contribution < -0.4 is 10.4 Å². The minimum atomic E-state index is -0.859. The van der Waals surface area contributed by atoms with Gasteiger partial charge in [0, 0.05) is 12.1 Å². The second kappa shape index (κ2) is 5.34. The van der Waals surface area contributed by atoms with Gasteiger partial charge in [0.1, 0.15) is 29.6 Å². The van der Waals surface area contributed by atoms with Crippen LogP contribution in [0, 0.1) is 0 Å². The summed E-state index contributed by atoms with van der Waals surface area (Å²) in [6, 6.07) is 6.35. The minimum absolute atomic E-state index is 0.00895. The van der Waals surface area contributed by atoms with Crippen LogP contribution in [0.25, 0.3) is 21.9 Å². The first-order valence-corrected chi connectivity index (χ1v) is 7.18. The molecular formula is C16H15ClO5. The molecule has 0 aliphatic carbocycles. The van der Waals surface area contributed by atoms with Crippen LogP contribution in [0.3, 0.4) is 0 Å². The molecule has 116 valence electrons. The molecule has 0 aliphatic rings. The quantitative estimate of drug-likeness (QED) is 0.589. The first-order valence-electron chi connectivity index (χ1n) is 6.80. The first-order chi connectivity index (χ1) is 10.4. The summed E-state index contributed by atoms with van der Waals surface area (Å²) in [6.45, 7) is 3.42. The third kappa shape index (κ3) is 2.69. The molecule has 0 radical (unpaired) electrons. The Morgan fingerprint density at radius 1 is 1.27 bits per heavy atom. The lowest BCUT2D eigenvalue weighted by atomic mass is 10.1. The van der Waals surface area contributed by atoms with E-state index in [4.69, 9.17) is 25.2 Å². The molecule has 0 spiro atoms. The van der Waals surface area contributed by atoms with Crippen LogP contribution in [0.2, 0.25) is 0 Å². The maximum absolute atomic E-state index is 11.4. The Kier molecular flexibility index (Phi) is 3.62. The van der Waals surface area contributed by atoms with Crippen molar-refractivity contribution < 1.29 is 18.7 Å². The number of hydrogen-bond acceptors (Lipinski definition) is 5. The van der Waals surface area contributed by atoms with E-state index < -0.39 is 16.6 Å². The van der Waals surface area contributed by atoms with Gasteiger partial charge in [0.05, 0.1) is 21.9 Å². The third-order valence-electron chi connectivity index (χ3n) is 3.49. The van der Waals surface area contributed by atoms with E-state index >= 15 is 0 Å². The molecule has 1 aromatic carbocycles. The van der Waals surface area contributed by atoms with Gasteiger partial charge in [-0.2, -0.15) is 0 Å². The normalized spacial score (nSPS) is 13.6. The predicted octanol–water partition coefficient (Wildman–Crippen LogP) is 3.30. The van der Waals surface area contributed by atoms with Gasteiger partial charge in [-0.15, -0.1) is 11.6 Å². The summed E-state index contributed by atoms with van der Waals surface area (Å²) in [6.07, 6.45) is 0.665. The fraction of sp³-hybridized carbons (Fsp3) is 0.312. The molecule has 0 bridgehead atoms. The standard InChI is InChI=1S/C16H15ClO5/c1-16(2,17)13(18)8-21-15-9-3-4-14(19)22-12(9)7-11-10(15)5-6-20-11/h3-7,13,18H,8H2,1-2H3/t13-/m1/s1. The lowest BCUT2D eigenvalue weighted by molar-refractivity contribution is 0.0820. The molecule has 0 saturated heterocycles. The molecule has 3 rings (SSSR count). The molecular weight excluding hydrogens is 308 g/mol. The summed E-state index contributed by atoms with van der Waals surface area (Å²) in [5.74, 6) is 0.491. The highest BCUT2D eigenvalue weighted by atomic mass is 35.5. The Labute approximate surface area is 131 Å². The Bertz CT molecular complexity index is 871. The van der Waals surface area contributed by atoms with Gasteiger partial charge >= 0.3 is 5.63 Å². The number of aliphatic hydroxyl groups is 1. The van der Waals surface area contributed by atoms with Crippen LogP contribution in [0.15, 0.2) is 44.2 Å². The average Bonchev–Trinajstić information content (AvgIpc) is 2.89. The number of rotatable bonds is 4. The molecule has 0 fully saturated rings. The number of halogens is 1. The second-order valence-electron chi connectivity index (χ2n) is 5.60. The van der Waals surface area contributed by atoms with Gasteiger partial charge in [-0.3, -0.25) is 0 Å². The maximum atomic E-state index is 11.4. The van der Waals surface area contributed by atoms with Crippen molar-refractivity contribution in [2.45, 2.75) is 24.8 Å². The number of hydrogen-bond donors (Lipinski definition) is 1. The van der Waals surface area contributed by atoms with E-state index in [0.717, 1.165) is 5.39 Å². The van der Waals surface area contributed by atoms with E-state index in [1.54, 1.807) is 32.0 Å². The van der Waals surface area contributed by atoms with Crippen LogP contribution in [0.1, 0.15) is 13.8 Å². The Morgan fingerprint density at radius 3 is 2.73 bits per heavy atom. The van der Waals surface area contributed by atoms with Gasteiger partial charge in [0.2, 0.25) is 0 Å². The highest BCUT2D eigenvalue weighted by Gasteiger charge is 2.26. The van der Waals surface area contributed by atoms with Crippen molar-refractivity contribution in [2.75, 3.05) is 6.61 Å². The molecule has 3 aromatic rings. The summed E-state index contributed by atoms with van der Waals surface area (Å²) in [5, 5.41) is 11.4. The smallest absolute Gasteiger partial charge is 0.336 e. The Morgan fingerprint density at radius 2 is 2.00 bits per heavy atom. The molecule has 1 atom stereocenters. The van der Waals surface area contributed by atoms with Gasteiger partial charge in [0.25, 0.3) is 0 Å². The van der Waals surface area contributed by atoms with Gasteiger partial charge in [-0.25, -0.2) is 4.79 Å². The largest absolute Gasteiger partial charge is 0.489 e. The zero-order valence-corrected chi connectivity index (χ0v) is 12.9. The van der Waals surface area contributed by atoms with E-state index in [1.165, 1.54) is 12.3 Å². The first kappa shape index (κ1) is 14.9. The number of fused-ring (bicyclic) bond motifs is 2. The van der Waals surface area contributed by atoms with Gasteiger partial charge in [-0.05, 0) is 26.0 Å². The number of ether oxygens (including phenoxy) is 1. The highest BCUT2D eigenvalue weighted by molar-refractivity contribution is 6.23. The summed E-state index contributed by atoms with van der Waals surface area (Å²) >= 11 is 6.08. The number of furan rings is 1. The van der Waals surface area contributed by atoms with Gasteiger partial charge in [-0.1, -0.05) is 0 Å². The van der Waals surface area contributed by atoms with Crippen molar-refractivity contribution >= 4 is 33.5 Å². The number of aliphatic hydroxyl groups excluding tert-OH is 1. The summed E-state index contributed by atoms with van der Waals surface area (Å²) < 4.78 is 16.3. The van der Waals surface area contributed by atoms with E-state index in [0.29, 0.717) is 22.3 Å². The van der Waals surface area contributed by atoms with Crippen LogP contribution in [0.4, 0.5) is 0 Å². The van der Waals surface area contributed by atoms with E-state index in [-0.39, 0.29) is 6.61 Å². The topological polar surface area (TPSA) is 72.8 Å². The Balaban J connectivity index is 2.08. The zero-order valence-electron chi connectivity index (χ0n) is 12.1. The van der Waals surface area contributed by atoms with E-state index in [1.807, 2.05) is 0 Å². The van der Waals surface area contributed by atoms with Crippen molar-refractivity contribution in [1.82, 2.24) is 0 Å². The lowest BCUT2D eigenvalue weighted by Crippen LogP contribution is -2.35. The van der Waals surface area contributed by atoms with E-state index in [2.05, 4.69) is 0 Å². The van der Waals surface area contributed by atoms with Gasteiger partial charge in [0.15, 0.2) is 0 Å². The molecule has 2 heterocycles. The van der Waals surface area contributed by atoms with Crippen molar-refractivity contribution in [1.29, 1.82) is 0 Å². The molecule has 2 aromatic heterocycles. The third-order valence-corrected chi connectivity index (χ3v) is 3.74. The molecule has 22 heavy (non-hydrogen) atoms. The Hall–Kier alpha value is -1.98. The van der Waals surface area contributed by atoms with Crippen LogP contribution in [-0.4, -0.2) is 22.7 Å². The number of alkyl halides is 1. The molecule has 0 aliphatic heterocycles. The van der Waals surface area contributed by atoms with Crippen LogP contribution >= 0.6 is 11.6 Å². The minimum Gasteiger partial charge on any atom is -0.489 e. The van der Waals surface area contributed by atoms with Crippen LogP contribution in [-0.2, 0) is 0 Å². The van der Waals surface area contributed by atoms with Crippen molar-refractivity contribution in [3.05, 3.63) is 40.9 Å². The second-order valence-corrected chi connectivity index (χ2v) is 6.57. The molecule has 5 nitrogen and oxygen atoms in total. The molecule has 6 heteroatoms. The van der Waals surface area contributed by atoms with Crippen molar-refractivity contribution in [2.24, 2.45) is 0 Å². The molecule has 0 unspecified atom stereocenters. The maximum Gasteiger partial charge on any atom is 0.336 e. The molecule has 0 saturated carbocycles. The number of benzene rings is 1. The highest BCUT2D eigenvalue weighted by Crippen LogP contribution is 2.35. The molecule has 0 amide bonds. The van der Waals surface area contributed by atoms with Crippen molar-refractivity contribution in [3.63, 3.8) is 0 Å². The van der Waals surface area contributed by atoms with Gasteiger partial charge < -0.3 is 18.7 Å². The molecule has 1 N–H and O–H groups in total. The summed E-state index contributed by atoms with van der Waals surface area (Å²) in [4.78, 5) is 10.6. The van der Waals surface area contributed by atoms with E-state index in [9.17, 15) is 9.90 Å². The zero-order chi connectivity index (χ0) is 15.9. The SMILES string of the molecule is CC(C)(Cl)[C@H](O)COc1c2ccoc2cc2oc(=O)ccc12. The summed E-state index contributed by atoms with van der Waals surface area (Å²) in [5.41, 5.74) is 0.451. The fourth-order valence-corrected chi connectivity index (χ4v) is 2.19. The summed E-state index contributed by atoms with van der Waals surface area (Å²) in [7, 11) is 0. The predicted molar refractivity (Wildman–Crippen MR) is 83.7 cm³/mol. The van der Waals surface area contributed by atoms with Crippen molar-refractivity contribution in [3.8, 4) is 5.75 Å². The monoisotopic (exact) mass is 322 g/mol.